The Morgan fingerprint density at radius 1 is 1.50 bits per heavy atom. The van der Waals surface area contributed by atoms with Crippen LogP contribution >= 0.6 is 15.9 Å². The maximum Gasteiger partial charge on any atom is 0.170 e. The molecule has 0 saturated heterocycles. The van der Waals surface area contributed by atoms with Gasteiger partial charge in [0.15, 0.2) is 5.78 Å². The number of rotatable bonds is 4. The largest absolute Gasteiger partial charge is 0.330 e. The fraction of sp³-hybridized carbons (Fsp3) is 0.417. The second-order valence-corrected chi connectivity index (χ2v) is 4.91. The Morgan fingerprint density at radius 3 is 2.62 bits per heavy atom. The van der Waals surface area contributed by atoms with Crippen LogP contribution < -0.4 is 5.73 Å². The zero-order valence-corrected chi connectivity index (χ0v) is 10.9. The van der Waals surface area contributed by atoms with Crippen LogP contribution in [0, 0.1) is 17.7 Å². The van der Waals surface area contributed by atoms with E-state index in [2.05, 4.69) is 15.9 Å². The molecule has 4 heteroatoms. The molecule has 0 aliphatic heterocycles. The van der Waals surface area contributed by atoms with Crippen LogP contribution in [0.15, 0.2) is 22.7 Å². The molecule has 1 aromatic carbocycles. The molecule has 1 rings (SSSR count). The highest BCUT2D eigenvalue weighted by Crippen LogP contribution is 2.23. The standard InChI is InChI=1S/C12H15BrFNO/c1-7(2)9(6-15)12(16)8-4-3-5-10(13)11(8)14/h3-5,7,9H,6,15H2,1-2H3. The van der Waals surface area contributed by atoms with E-state index in [1.165, 1.54) is 6.07 Å². The summed E-state index contributed by atoms with van der Waals surface area (Å²) in [5.41, 5.74) is 5.65. The Labute approximate surface area is 103 Å². The summed E-state index contributed by atoms with van der Waals surface area (Å²) < 4.78 is 14.0. The molecule has 1 aromatic rings. The van der Waals surface area contributed by atoms with Crippen LogP contribution in [-0.2, 0) is 0 Å². The van der Waals surface area contributed by atoms with Gasteiger partial charge in [0.1, 0.15) is 5.82 Å². The predicted octanol–water partition coefficient (Wildman–Crippen LogP) is 3.00. The maximum atomic E-state index is 13.7. The van der Waals surface area contributed by atoms with E-state index in [1.807, 2.05) is 13.8 Å². The van der Waals surface area contributed by atoms with Crippen LogP contribution in [0.25, 0.3) is 0 Å². The average Bonchev–Trinajstić information content (AvgIpc) is 2.22. The van der Waals surface area contributed by atoms with E-state index in [-0.39, 0.29) is 29.7 Å². The molecule has 0 aliphatic rings. The SMILES string of the molecule is CC(C)C(CN)C(=O)c1cccc(Br)c1F. The molecule has 88 valence electrons. The highest BCUT2D eigenvalue weighted by molar-refractivity contribution is 9.10. The van der Waals surface area contributed by atoms with Gasteiger partial charge in [-0.15, -0.1) is 0 Å². The highest BCUT2D eigenvalue weighted by atomic mass is 79.9. The van der Waals surface area contributed by atoms with Crippen LogP contribution in [0.2, 0.25) is 0 Å². The number of hydrogen-bond acceptors (Lipinski definition) is 2. The van der Waals surface area contributed by atoms with Crippen LogP contribution in [0.1, 0.15) is 24.2 Å². The number of halogens is 2. The summed E-state index contributed by atoms with van der Waals surface area (Å²) in [5.74, 6) is -0.956. The molecule has 0 amide bonds. The molecule has 0 aromatic heterocycles. The molecule has 0 fully saturated rings. The van der Waals surface area contributed by atoms with Gasteiger partial charge in [0.2, 0.25) is 0 Å². The number of carbonyl (C=O) groups is 1. The summed E-state index contributed by atoms with van der Waals surface area (Å²) in [5, 5.41) is 0. The first kappa shape index (κ1) is 13.3. The average molecular weight is 288 g/mol. The summed E-state index contributed by atoms with van der Waals surface area (Å²) >= 11 is 3.06. The third kappa shape index (κ3) is 2.68. The number of ketones is 1. The molecule has 0 saturated carbocycles. The molecule has 0 aliphatic carbocycles. The number of nitrogens with two attached hydrogens (primary N) is 1. The van der Waals surface area contributed by atoms with E-state index in [1.54, 1.807) is 12.1 Å². The van der Waals surface area contributed by atoms with Crippen LogP contribution in [0.3, 0.4) is 0 Å². The third-order valence-electron chi connectivity index (χ3n) is 2.61. The first-order chi connectivity index (χ1) is 7.49. The molecule has 0 bridgehead atoms. The van der Waals surface area contributed by atoms with Crippen molar-refractivity contribution in [2.24, 2.45) is 17.6 Å². The second-order valence-electron chi connectivity index (χ2n) is 4.05. The van der Waals surface area contributed by atoms with Crippen molar-refractivity contribution in [3.63, 3.8) is 0 Å². The lowest BCUT2D eigenvalue weighted by Crippen LogP contribution is -2.29. The van der Waals surface area contributed by atoms with Crippen molar-refractivity contribution in [2.45, 2.75) is 13.8 Å². The number of Topliss-reactive ketones (excluding diaryl/α,β-unsaturated/α-hetero) is 1. The van der Waals surface area contributed by atoms with Gasteiger partial charge in [-0.1, -0.05) is 19.9 Å². The van der Waals surface area contributed by atoms with Gasteiger partial charge < -0.3 is 5.73 Å². The molecule has 1 atom stereocenters. The normalized spacial score (nSPS) is 12.9. The zero-order valence-electron chi connectivity index (χ0n) is 9.34. The maximum absolute atomic E-state index is 13.7. The Kier molecular flexibility index (Phi) is 4.62. The van der Waals surface area contributed by atoms with Gasteiger partial charge >= 0.3 is 0 Å². The summed E-state index contributed by atoms with van der Waals surface area (Å²) in [6, 6.07) is 4.71. The Morgan fingerprint density at radius 2 is 2.12 bits per heavy atom. The predicted molar refractivity (Wildman–Crippen MR) is 65.8 cm³/mol. The monoisotopic (exact) mass is 287 g/mol. The van der Waals surface area contributed by atoms with Crippen LogP contribution in [0.5, 0.6) is 0 Å². The molecule has 0 spiro atoms. The topological polar surface area (TPSA) is 43.1 Å². The van der Waals surface area contributed by atoms with Crippen LogP contribution in [-0.4, -0.2) is 12.3 Å². The Hall–Kier alpha value is -0.740. The Bertz CT molecular complexity index is 393. The minimum Gasteiger partial charge on any atom is -0.330 e. The lowest BCUT2D eigenvalue weighted by atomic mass is 9.88. The minimum atomic E-state index is -0.508. The van der Waals surface area contributed by atoms with E-state index in [4.69, 9.17) is 5.73 Å². The second kappa shape index (κ2) is 5.55. The smallest absolute Gasteiger partial charge is 0.170 e. The first-order valence-electron chi connectivity index (χ1n) is 5.17. The van der Waals surface area contributed by atoms with Crippen molar-refractivity contribution < 1.29 is 9.18 Å². The van der Waals surface area contributed by atoms with E-state index in [9.17, 15) is 9.18 Å². The first-order valence-corrected chi connectivity index (χ1v) is 5.96. The van der Waals surface area contributed by atoms with Crippen molar-refractivity contribution in [1.29, 1.82) is 0 Å². The van der Waals surface area contributed by atoms with E-state index in [0.29, 0.717) is 4.47 Å². The van der Waals surface area contributed by atoms with Crippen molar-refractivity contribution >= 4 is 21.7 Å². The molecule has 16 heavy (non-hydrogen) atoms. The highest BCUT2D eigenvalue weighted by Gasteiger charge is 2.24. The van der Waals surface area contributed by atoms with Gasteiger partial charge in [0, 0.05) is 12.5 Å². The van der Waals surface area contributed by atoms with Gasteiger partial charge in [0.25, 0.3) is 0 Å². The summed E-state index contributed by atoms with van der Waals surface area (Å²) in [6.07, 6.45) is 0. The molecular weight excluding hydrogens is 273 g/mol. The van der Waals surface area contributed by atoms with Crippen molar-refractivity contribution in [3.8, 4) is 0 Å². The van der Waals surface area contributed by atoms with Gasteiger partial charge in [-0.25, -0.2) is 4.39 Å². The molecule has 1 unspecified atom stereocenters. The fourth-order valence-corrected chi connectivity index (χ4v) is 1.94. The van der Waals surface area contributed by atoms with E-state index < -0.39 is 5.82 Å². The van der Waals surface area contributed by atoms with Gasteiger partial charge in [0.05, 0.1) is 10.0 Å². The number of hydrogen-bond donors (Lipinski definition) is 1. The van der Waals surface area contributed by atoms with E-state index in [0.717, 1.165) is 0 Å². The quantitative estimate of drug-likeness (QED) is 0.865. The molecule has 0 heterocycles. The molecule has 2 nitrogen and oxygen atoms in total. The van der Waals surface area contributed by atoms with Crippen LogP contribution in [0.4, 0.5) is 4.39 Å². The lowest BCUT2D eigenvalue weighted by Gasteiger charge is -2.17. The van der Waals surface area contributed by atoms with Crippen molar-refractivity contribution in [2.75, 3.05) is 6.54 Å². The summed E-state index contributed by atoms with van der Waals surface area (Å²) in [6.45, 7) is 4.05. The molecular formula is C12H15BrFNO. The van der Waals surface area contributed by atoms with Gasteiger partial charge in [-0.05, 0) is 34.0 Å². The Balaban J connectivity index is 3.09. The van der Waals surface area contributed by atoms with Gasteiger partial charge in [-0.3, -0.25) is 4.79 Å². The van der Waals surface area contributed by atoms with Gasteiger partial charge in [-0.2, -0.15) is 0 Å². The number of benzene rings is 1. The molecule has 0 radical (unpaired) electrons. The van der Waals surface area contributed by atoms with E-state index >= 15 is 0 Å². The number of carbonyl (C=O) groups excluding carboxylic acids is 1. The molecule has 2 N–H and O–H groups in total. The fourth-order valence-electron chi connectivity index (χ4n) is 1.58. The summed E-state index contributed by atoms with van der Waals surface area (Å²) in [7, 11) is 0. The van der Waals surface area contributed by atoms with Crippen molar-refractivity contribution in [3.05, 3.63) is 34.1 Å². The zero-order chi connectivity index (χ0) is 12.3. The lowest BCUT2D eigenvalue weighted by molar-refractivity contribution is 0.0887. The minimum absolute atomic E-state index is 0.107. The van der Waals surface area contributed by atoms with Crippen molar-refractivity contribution in [1.82, 2.24) is 0 Å². The summed E-state index contributed by atoms with van der Waals surface area (Å²) in [4.78, 5) is 12.0. The third-order valence-corrected chi connectivity index (χ3v) is 3.22.